The maximum Gasteiger partial charge on any atom is 0.313 e. The second kappa shape index (κ2) is 32.7. The summed E-state index contributed by atoms with van der Waals surface area (Å²) in [7, 11) is 0. The van der Waals surface area contributed by atoms with E-state index < -0.39 is 146 Å². The van der Waals surface area contributed by atoms with Crippen LogP contribution < -0.4 is 11.5 Å². The average molecular weight is 1100 g/mol. The van der Waals surface area contributed by atoms with Gasteiger partial charge < -0.3 is 76.4 Å². The van der Waals surface area contributed by atoms with E-state index in [1.807, 2.05) is 0 Å². The van der Waals surface area contributed by atoms with E-state index in [2.05, 4.69) is 0 Å². The molecule has 0 saturated carbocycles. The van der Waals surface area contributed by atoms with Crippen molar-refractivity contribution in [2.24, 2.45) is 23.5 Å². The number of rotatable bonds is 10. The van der Waals surface area contributed by atoms with E-state index in [1.54, 1.807) is 124 Å². The molecule has 78 heavy (non-hydrogen) atoms. The van der Waals surface area contributed by atoms with Crippen LogP contribution in [-0.2, 0) is 38.1 Å². The summed E-state index contributed by atoms with van der Waals surface area (Å²) in [6.07, 6.45) is 6.77. The molecule has 2 unspecified atom stereocenters. The van der Waals surface area contributed by atoms with Gasteiger partial charge in [-0.05, 0) is 56.4 Å². The Morgan fingerprint density at radius 3 is 1.99 bits per heavy atom. The summed E-state index contributed by atoms with van der Waals surface area (Å²) in [6.45, 7) is 4.89. The lowest BCUT2D eigenvalue weighted by Crippen LogP contribution is -2.61. The zero-order valence-electron chi connectivity index (χ0n) is 44.7. The first kappa shape index (κ1) is 65.2. The van der Waals surface area contributed by atoms with Crippen LogP contribution in [0.15, 0.2) is 109 Å². The minimum Gasteiger partial charge on any atom is -0.481 e. The first-order valence-electron chi connectivity index (χ1n) is 26.7. The van der Waals surface area contributed by atoms with Crippen LogP contribution in [0.1, 0.15) is 115 Å². The van der Waals surface area contributed by atoms with Crippen molar-refractivity contribution >= 4 is 35.0 Å². The van der Waals surface area contributed by atoms with Crippen LogP contribution in [0, 0.1) is 17.8 Å². The molecule has 0 spiro atoms. The van der Waals surface area contributed by atoms with E-state index >= 15 is 0 Å². The highest BCUT2D eigenvalue weighted by Crippen LogP contribution is 2.38. The number of aliphatic hydroxyl groups excluding tert-OH is 7. The number of Topliss-reactive ketones (excluding diaryl/α,β-unsaturated/α-hetero) is 3. The average Bonchev–Trinajstić information content (AvgIpc) is 3.35. The molecule has 1 aromatic carbocycles. The molecule has 4 rings (SSSR count). The number of hydrogen-bond donors (Lipinski definition) is 11. The number of carbonyl (C=O) groups is 5. The molecule has 1 aromatic rings. The molecule has 20 nitrogen and oxygen atoms in total. The van der Waals surface area contributed by atoms with Gasteiger partial charge in [0.25, 0.3) is 0 Å². The van der Waals surface area contributed by atoms with Crippen molar-refractivity contribution in [3.63, 3.8) is 0 Å². The number of cyclic esters (lactones) is 1. The van der Waals surface area contributed by atoms with Crippen molar-refractivity contribution in [3.8, 4) is 0 Å². The molecule has 20 heteroatoms. The molecular weight excluding hydrogens is 1010 g/mol. The van der Waals surface area contributed by atoms with Gasteiger partial charge in [0.1, 0.15) is 36.1 Å². The van der Waals surface area contributed by atoms with Gasteiger partial charge in [-0.1, -0.05) is 112 Å². The van der Waals surface area contributed by atoms with Gasteiger partial charge in [-0.2, -0.15) is 0 Å². The summed E-state index contributed by atoms with van der Waals surface area (Å²) in [5.74, 6) is -8.69. The highest BCUT2D eigenvalue weighted by molar-refractivity contribution is 5.97. The summed E-state index contributed by atoms with van der Waals surface area (Å²) in [4.78, 5) is 64.3. The minimum absolute atomic E-state index is 0.0373. The largest absolute Gasteiger partial charge is 0.481 e. The maximum atomic E-state index is 13.2. The highest BCUT2D eigenvalue weighted by Gasteiger charge is 2.51. The highest BCUT2D eigenvalue weighted by atomic mass is 16.7. The minimum atomic E-state index is -2.17. The van der Waals surface area contributed by atoms with Crippen LogP contribution in [0.3, 0.4) is 0 Å². The fourth-order valence-corrected chi connectivity index (χ4v) is 9.56. The number of aliphatic hydroxyl groups is 8. The van der Waals surface area contributed by atoms with Crippen molar-refractivity contribution in [1.82, 2.24) is 0 Å². The normalized spacial score (nSPS) is 33.4. The molecule has 3 heterocycles. The number of ketones is 3. The third kappa shape index (κ3) is 22.1. The number of hydrogen-bond acceptors (Lipinski definition) is 19. The lowest BCUT2D eigenvalue weighted by atomic mass is 9.83. The molecule has 2 bridgehead atoms. The summed E-state index contributed by atoms with van der Waals surface area (Å²) >= 11 is 0. The number of carboxylic acids is 1. The van der Waals surface area contributed by atoms with Crippen molar-refractivity contribution in [1.29, 1.82) is 0 Å². The molecule has 3 aliphatic heterocycles. The number of carbonyl (C=O) groups excluding carboxylic acids is 4. The van der Waals surface area contributed by atoms with E-state index in [0.717, 1.165) is 0 Å². The van der Waals surface area contributed by atoms with Gasteiger partial charge >= 0.3 is 11.9 Å². The van der Waals surface area contributed by atoms with Gasteiger partial charge in [0.2, 0.25) is 0 Å². The number of ether oxygens (including phenoxy) is 4. The SMILES string of the molecule is C[C@@H]1O[C@@H](O[C@H]2C=CC=CC=CC=CC=CC=CC=C[C@H](C)C([C@@H](O)C[C@H](C)[C@@H](O)CC(=O)c3ccc(N)cc3)OC(=O)CC(=O)CC(O)CC(=O)CCCCC[C@@H](O)C[C@]3(O)C[C@H](O)[C@@H](C(=O)O)[C@H](C2)O3)[C@H](O)[C@H](N)[C@H]1O. The molecule has 13 N–H and O–H groups in total. The molecule has 2 saturated heterocycles. The summed E-state index contributed by atoms with van der Waals surface area (Å²) in [6, 6.07) is 5.12. The van der Waals surface area contributed by atoms with Crippen LogP contribution in [0.25, 0.3) is 0 Å². The van der Waals surface area contributed by atoms with Gasteiger partial charge in [0.05, 0.1) is 61.0 Å². The molecule has 0 amide bonds. The van der Waals surface area contributed by atoms with E-state index in [1.165, 1.54) is 6.08 Å². The predicted molar refractivity (Wildman–Crippen MR) is 288 cm³/mol. The number of nitrogens with two attached hydrogens (primary N) is 2. The molecular formula is C58H82N2O18. The quantitative estimate of drug-likeness (QED) is 0.0691. The van der Waals surface area contributed by atoms with Crippen LogP contribution >= 0.6 is 0 Å². The van der Waals surface area contributed by atoms with Crippen LogP contribution in [-0.4, -0.2) is 161 Å². The zero-order valence-corrected chi connectivity index (χ0v) is 44.7. The van der Waals surface area contributed by atoms with E-state index in [9.17, 15) is 69.9 Å². The Balaban J connectivity index is 1.52. The molecule has 0 radical (unpaired) electrons. The van der Waals surface area contributed by atoms with Gasteiger partial charge in [0.15, 0.2) is 17.9 Å². The fourth-order valence-electron chi connectivity index (χ4n) is 9.56. The Kier molecular flexibility index (Phi) is 27.3. The topological polar surface area (TPSA) is 356 Å². The van der Waals surface area contributed by atoms with Crippen molar-refractivity contribution in [2.75, 3.05) is 5.73 Å². The second-order valence-electron chi connectivity index (χ2n) is 20.8. The Labute approximate surface area is 456 Å². The Hall–Kier alpha value is -5.33. The van der Waals surface area contributed by atoms with E-state index in [4.69, 9.17) is 30.4 Å². The monoisotopic (exact) mass is 1090 g/mol. The molecule has 3 aliphatic rings. The van der Waals surface area contributed by atoms with Crippen LogP contribution in [0.2, 0.25) is 0 Å². The Morgan fingerprint density at radius 1 is 0.782 bits per heavy atom. The molecule has 432 valence electrons. The van der Waals surface area contributed by atoms with E-state index in [-0.39, 0.29) is 50.1 Å². The van der Waals surface area contributed by atoms with Gasteiger partial charge in [0, 0.05) is 62.1 Å². The van der Waals surface area contributed by atoms with Crippen LogP contribution in [0.4, 0.5) is 5.69 Å². The number of anilines is 1. The number of carboxylic acid groups (broad SMARTS) is 1. The molecule has 2 fully saturated rings. The number of fused-ring (bicyclic) bond motifs is 2. The smallest absolute Gasteiger partial charge is 0.313 e. The summed E-state index contributed by atoms with van der Waals surface area (Å²) in [5, 5.41) is 98.2. The number of nitrogen functional groups attached to an aromatic ring is 1. The molecule has 0 aliphatic carbocycles. The Morgan fingerprint density at radius 2 is 1.37 bits per heavy atom. The first-order valence-corrected chi connectivity index (χ1v) is 26.7. The summed E-state index contributed by atoms with van der Waals surface area (Å²) < 4.78 is 23.5. The second-order valence-corrected chi connectivity index (χ2v) is 20.8. The zero-order chi connectivity index (χ0) is 57.5. The standard InChI is InChI=1S/C58H82N2O18/c1-35-19-15-12-10-8-6-4-5-7-9-11-13-18-22-44(76-57-54(71)52(60)53(70)37(3)75-57)31-49-51(56(72)73)48(68)34-58(74,78-49)33-41(62)21-17-14-16-20-40(61)28-42(63)29-43(64)30-50(69)77-55(35)47(67)27-36(2)45(65)32-46(66)38-23-25-39(59)26-24-38/h4-13,15,18-19,22-26,35-37,41-42,44-45,47-49,51-55,57,62-63,65,67-68,70-71,74H,14,16-17,20-21,27-34,59-60H2,1-3H3,(H,72,73)/t35-,36-,37-,41+,42?,44-,45-,47-,48-,49-,51+,52+,53-,54+,55?,57-,58+/m0/s1. The van der Waals surface area contributed by atoms with Gasteiger partial charge in [-0.3, -0.25) is 24.0 Å². The number of allylic oxidation sites excluding steroid dienone is 12. The lowest BCUT2D eigenvalue weighted by molar-refractivity contribution is -0.308. The van der Waals surface area contributed by atoms with Crippen LogP contribution in [0.5, 0.6) is 0 Å². The Bertz CT molecular complexity index is 2300. The van der Waals surface area contributed by atoms with Gasteiger partial charge in [-0.15, -0.1) is 0 Å². The third-order valence-electron chi connectivity index (χ3n) is 14.0. The maximum absolute atomic E-state index is 13.2. The predicted octanol–water partition coefficient (Wildman–Crippen LogP) is 3.52. The fraction of sp³-hybridized carbons (Fsp3) is 0.569. The van der Waals surface area contributed by atoms with Gasteiger partial charge in [-0.25, -0.2) is 0 Å². The first-order chi connectivity index (χ1) is 37.0. The lowest BCUT2D eigenvalue weighted by Gasteiger charge is -2.45. The number of esters is 1. The third-order valence-corrected chi connectivity index (χ3v) is 14.0. The number of benzene rings is 1. The summed E-state index contributed by atoms with van der Waals surface area (Å²) in [5.41, 5.74) is 12.6. The molecule has 17 atom stereocenters. The number of aliphatic carboxylic acids is 1. The molecule has 0 aromatic heterocycles. The van der Waals surface area contributed by atoms with E-state index in [0.29, 0.717) is 30.5 Å². The van der Waals surface area contributed by atoms with Crippen molar-refractivity contribution in [2.45, 2.75) is 190 Å². The van der Waals surface area contributed by atoms with Crippen molar-refractivity contribution in [3.05, 3.63) is 115 Å². The van der Waals surface area contributed by atoms with Crippen molar-refractivity contribution < 1.29 is 88.9 Å².